The summed E-state index contributed by atoms with van der Waals surface area (Å²) in [7, 11) is 0. The third-order valence-corrected chi connectivity index (χ3v) is 6.03. The lowest BCUT2D eigenvalue weighted by Gasteiger charge is -2.16. The fraction of sp³-hybridized carbons (Fsp3) is 0.192. The third kappa shape index (κ3) is 6.02. The van der Waals surface area contributed by atoms with Gasteiger partial charge in [-0.05, 0) is 85.6 Å². The predicted molar refractivity (Wildman–Crippen MR) is 129 cm³/mol. The zero-order valence-corrected chi connectivity index (χ0v) is 19.8. The fourth-order valence-corrected chi connectivity index (χ4v) is 4.34. The molecule has 2 atom stereocenters. The molecule has 4 aromatic rings. The Kier molecular flexibility index (Phi) is 7.27. The number of amides is 1. The maximum atomic E-state index is 13.3. The molecule has 1 aromatic heterocycles. The highest BCUT2D eigenvalue weighted by Gasteiger charge is 2.26. The quantitative estimate of drug-likeness (QED) is 0.294. The molecule has 0 fully saturated rings. The number of nitrogens with one attached hydrogen (secondary N) is 1. The summed E-state index contributed by atoms with van der Waals surface area (Å²) < 4.78 is 24.7. The first-order valence-corrected chi connectivity index (χ1v) is 11.6. The molecule has 0 aliphatic heterocycles. The Morgan fingerprint density at radius 1 is 1.00 bits per heavy atom. The Bertz CT molecular complexity index is 1240. The van der Waals surface area contributed by atoms with Gasteiger partial charge in [0.05, 0.1) is 0 Å². The summed E-state index contributed by atoms with van der Waals surface area (Å²) in [6, 6.07) is 21.0. The van der Waals surface area contributed by atoms with E-state index in [1.807, 2.05) is 62.4 Å². The number of nitrogens with zero attached hydrogens (tertiary/aromatic N) is 2. The number of halogens is 1. The number of aryl methyl sites for hydroxylation is 2. The Labute approximate surface area is 201 Å². The van der Waals surface area contributed by atoms with Gasteiger partial charge in [-0.1, -0.05) is 36.4 Å². The van der Waals surface area contributed by atoms with Gasteiger partial charge in [-0.15, -0.1) is 10.2 Å². The SMILES string of the molecule is Cc1cc(C)cc(NC(=O)[C@@H](Sc2nnc([C@@H](C)Oc3ccc(F)cc3)o2)c2ccccc2)c1. The maximum absolute atomic E-state index is 13.3. The van der Waals surface area contributed by atoms with Gasteiger partial charge >= 0.3 is 0 Å². The lowest BCUT2D eigenvalue weighted by molar-refractivity contribution is -0.115. The molecular weight excluding hydrogens is 453 g/mol. The molecule has 8 heteroatoms. The number of hydrogen-bond donors (Lipinski definition) is 1. The van der Waals surface area contributed by atoms with Crippen LogP contribution < -0.4 is 10.1 Å². The second-order valence-electron chi connectivity index (χ2n) is 7.89. The number of benzene rings is 3. The van der Waals surface area contributed by atoms with Crippen LogP contribution in [-0.2, 0) is 4.79 Å². The van der Waals surface area contributed by atoms with Crippen LogP contribution in [-0.4, -0.2) is 16.1 Å². The number of aromatic nitrogens is 2. The maximum Gasteiger partial charge on any atom is 0.277 e. The first kappa shape index (κ1) is 23.5. The summed E-state index contributed by atoms with van der Waals surface area (Å²) in [5.41, 5.74) is 3.67. The minimum absolute atomic E-state index is 0.198. The van der Waals surface area contributed by atoms with Crippen LogP contribution in [0.5, 0.6) is 5.75 Å². The van der Waals surface area contributed by atoms with Gasteiger partial charge in [0, 0.05) is 5.69 Å². The molecular formula is C26H24FN3O3S. The number of carbonyl (C=O) groups is 1. The smallest absolute Gasteiger partial charge is 0.277 e. The van der Waals surface area contributed by atoms with E-state index in [1.165, 1.54) is 36.0 Å². The van der Waals surface area contributed by atoms with Crippen molar-refractivity contribution in [3.8, 4) is 5.75 Å². The van der Waals surface area contributed by atoms with Gasteiger partial charge in [0.15, 0.2) is 6.10 Å². The summed E-state index contributed by atoms with van der Waals surface area (Å²) in [5, 5.41) is 10.8. The van der Waals surface area contributed by atoms with Crippen molar-refractivity contribution in [1.82, 2.24) is 10.2 Å². The summed E-state index contributed by atoms with van der Waals surface area (Å²) >= 11 is 1.17. The van der Waals surface area contributed by atoms with Gasteiger partial charge in [-0.3, -0.25) is 4.79 Å². The van der Waals surface area contributed by atoms with Crippen molar-refractivity contribution in [3.63, 3.8) is 0 Å². The highest BCUT2D eigenvalue weighted by atomic mass is 32.2. The van der Waals surface area contributed by atoms with Crippen LogP contribution in [0.15, 0.2) is 82.4 Å². The summed E-state index contributed by atoms with van der Waals surface area (Å²) in [6.07, 6.45) is -0.549. The van der Waals surface area contributed by atoms with Crippen LogP contribution in [0, 0.1) is 19.7 Å². The Hall–Kier alpha value is -3.65. The monoisotopic (exact) mass is 477 g/mol. The van der Waals surface area contributed by atoms with E-state index in [9.17, 15) is 9.18 Å². The number of hydrogen-bond acceptors (Lipinski definition) is 6. The highest BCUT2D eigenvalue weighted by Crippen LogP contribution is 2.36. The molecule has 4 rings (SSSR count). The van der Waals surface area contributed by atoms with Crippen LogP contribution >= 0.6 is 11.8 Å². The van der Waals surface area contributed by atoms with E-state index in [0.29, 0.717) is 5.75 Å². The van der Waals surface area contributed by atoms with E-state index >= 15 is 0 Å². The zero-order valence-electron chi connectivity index (χ0n) is 19.0. The minimum atomic E-state index is -0.608. The molecule has 0 unspecified atom stereocenters. The van der Waals surface area contributed by atoms with Crippen molar-refractivity contribution in [1.29, 1.82) is 0 Å². The lowest BCUT2D eigenvalue weighted by atomic mass is 10.1. The number of anilines is 1. The van der Waals surface area contributed by atoms with Gasteiger partial charge in [0.25, 0.3) is 11.1 Å². The fourth-order valence-electron chi connectivity index (χ4n) is 3.46. The Balaban J connectivity index is 1.51. The van der Waals surface area contributed by atoms with Crippen LogP contribution in [0.2, 0.25) is 0 Å². The van der Waals surface area contributed by atoms with E-state index < -0.39 is 11.4 Å². The minimum Gasteiger partial charge on any atom is -0.481 e. The molecule has 1 N–H and O–H groups in total. The van der Waals surface area contributed by atoms with Gasteiger partial charge < -0.3 is 14.5 Å². The number of ether oxygens (including phenoxy) is 1. The first-order chi connectivity index (χ1) is 16.4. The molecule has 1 heterocycles. The van der Waals surface area contributed by atoms with E-state index in [4.69, 9.17) is 9.15 Å². The number of carbonyl (C=O) groups excluding carboxylic acids is 1. The van der Waals surface area contributed by atoms with Crippen molar-refractivity contribution < 1.29 is 18.3 Å². The predicted octanol–water partition coefficient (Wildman–Crippen LogP) is 6.44. The average molecular weight is 478 g/mol. The second kappa shape index (κ2) is 10.5. The molecule has 0 aliphatic carbocycles. The molecule has 34 heavy (non-hydrogen) atoms. The summed E-state index contributed by atoms with van der Waals surface area (Å²) in [5.74, 6) is 0.198. The summed E-state index contributed by atoms with van der Waals surface area (Å²) in [4.78, 5) is 13.3. The molecule has 0 saturated heterocycles. The molecule has 0 spiro atoms. The van der Waals surface area contributed by atoms with Gasteiger partial charge in [0.1, 0.15) is 16.8 Å². The van der Waals surface area contributed by atoms with Gasteiger partial charge in [-0.25, -0.2) is 4.39 Å². The van der Waals surface area contributed by atoms with E-state index in [1.54, 1.807) is 6.92 Å². The molecule has 0 radical (unpaired) electrons. The van der Waals surface area contributed by atoms with Crippen molar-refractivity contribution in [2.24, 2.45) is 0 Å². The number of thioether (sulfide) groups is 1. The van der Waals surface area contributed by atoms with Crippen molar-refractivity contribution in [2.75, 3.05) is 5.32 Å². The first-order valence-electron chi connectivity index (χ1n) is 10.7. The Morgan fingerprint density at radius 2 is 1.68 bits per heavy atom. The standard InChI is InChI=1S/C26H24FN3O3S/c1-16-13-17(2)15-21(14-16)28-24(31)23(19-7-5-4-6-8-19)34-26-30-29-25(33-26)18(3)32-22-11-9-20(27)10-12-22/h4-15,18,23H,1-3H3,(H,28,31)/t18-,23+/m1/s1. The zero-order chi connectivity index (χ0) is 24.1. The van der Waals surface area contributed by atoms with Crippen molar-refractivity contribution >= 4 is 23.4 Å². The van der Waals surface area contributed by atoms with Crippen molar-refractivity contribution in [3.05, 3.63) is 101 Å². The molecule has 0 aliphatic rings. The molecule has 174 valence electrons. The lowest BCUT2D eigenvalue weighted by Crippen LogP contribution is -2.19. The van der Waals surface area contributed by atoms with E-state index in [2.05, 4.69) is 15.5 Å². The van der Waals surface area contributed by atoms with Crippen LogP contribution in [0.25, 0.3) is 0 Å². The van der Waals surface area contributed by atoms with Crippen LogP contribution in [0.3, 0.4) is 0 Å². The van der Waals surface area contributed by atoms with Gasteiger partial charge in [-0.2, -0.15) is 0 Å². The second-order valence-corrected chi connectivity index (χ2v) is 8.95. The largest absolute Gasteiger partial charge is 0.481 e. The molecule has 0 saturated carbocycles. The Morgan fingerprint density at radius 3 is 2.35 bits per heavy atom. The average Bonchev–Trinajstić information content (AvgIpc) is 3.28. The topological polar surface area (TPSA) is 77.2 Å². The van der Waals surface area contributed by atoms with E-state index in [-0.39, 0.29) is 22.8 Å². The molecule has 3 aromatic carbocycles. The van der Waals surface area contributed by atoms with Crippen LogP contribution in [0.1, 0.15) is 40.9 Å². The van der Waals surface area contributed by atoms with Gasteiger partial charge in [0.2, 0.25) is 5.91 Å². The third-order valence-electron chi connectivity index (χ3n) is 4.94. The molecule has 1 amide bonds. The van der Waals surface area contributed by atoms with Crippen molar-refractivity contribution in [2.45, 2.75) is 37.3 Å². The highest BCUT2D eigenvalue weighted by molar-refractivity contribution is 8.00. The number of rotatable bonds is 8. The summed E-state index contributed by atoms with van der Waals surface area (Å²) in [6.45, 7) is 5.73. The molecule has 0 bridgehead atoms. The van der Waals surface area contributed by atoms with Crippen LogP contribution in [0.4, 0.5) is 10.1 Å². The molecule has 6 nitrogen and oxygen atoms in total. The van der Waals surface area contributed by atoms with E-state index in [0.717, 1.165) is 22.4 Å². The normalized spacial score (nSPS) is 12.7.